The van der Waals surface area contributed by atoms with E-state index < -0.39 is 30.7 Å². The van der Waals surface area contributed by atoms with Crippen LogP contribution in [-0.2, 0) is 9.59 Å². The Labute approximate surface area is 83.0 Å². The minimum Gasteiger partial charge on any atom is -0.359 e. The first kappa shape index (κ1) is 13.7. The lowest BCUT2D eigenvalue weighted by Gasteiger charge is -2.14. The summed E-state index contributed by atoms with van der Waals surface area (Å²) in [5.74, 6) is -7.29. The molecule has 0 atom stereocenters. The van der Waals surface area contributed by atoms with Crippen LogP contribution in [0.1, 0.15) is 6.42 Å². The third-order valence-corrected chi connectivity index (χ3v) is 1.49. The van der Waals surface area contributed by atoms with Crippen molar-refractivity contribution in [3.05, 3.63) is 0 Å². The number of hydrogen-bond acceptors (Lipinski definition) is 2. The lowest BCUT2D eigenvalue weighted by atomic mass is 10.3. The lowest BCUT2D eigenvalue weighted by molar-refractivity contribution is -0.169. The Morgan fingerprint density at radius 2 is 1.87 bits per heavy atom. The Hall–Kier alpha value is -1.34. The monoisotopic (exact) mass is 230 g/mol. The molecule has 2 N–H and O–H groups in total. The van der Waals surface area contributed by atoms with Crippen molar-refractivity contribution in [1.82, 2.24) is 10.6 Å². The largest absolute Gasteiger partial charge is 0.383 e. The molecule has 15 heavy (non-hydrogen) atoms. The summed E-state index contributed by atoms with van der Waals surface area (Å²) in [5, 5.41) is 3.71. The van der Waals surface area contributed by atoms with Crippen LogP contribution in [0, 0.1) is 0 Å². The minimum atomic E-state index is -4.72. The summed E-state index contributed by atoms with van der Waals surface area (Å²) in [4.78, 5) is 21.1. The fraction of sp³-hybridized carbons (Fsp3) is 0.714. The van der Waals surface area contributed by atoms with Crippen molar-refractivity contribution in [2.24, 2.45) is 0 Å². The molecule has 0 aliphatic carbocycles. The Kier molecular flexibility index (Phi) is 5.03. The molecule has 0 bridgehead atoms. The van der Waals surface area contributed by atoms with Gasteiger partial charge in [0.2, 0.25) is 5.91 Å². The molecule has 0 saturated heterocycles. The van der Waals surface area contributed by atoms with E-state index in [1.165, 1.54) is 12.4 Å². The topological polar surface area (TPSA) is 58.2 Å². The zero-order chi connectivity index (χ0) is 12.1. The van der Waals surface area contributed by atoms with Crippen LogP contribution < -0.4 is 10.6 Å². The van der Waals surface area contributed by atoms with Crippen LogP contribution >= 0.6 is 0 Å². The first-order valence-corrected chi connectivity index (χ1v) is 3.97. The molecular weight excluding hydrogens is 220 g/mol. The summed E-state index contributed by atoms with van der Waals surface area (Å²) >= 11 is 0. The van der Waals surface area contributed by atoms with Crippen molar-refractivity contribution in [3.8, 4) is 0 Å². The predicted octanol–water partition coefficient (Wildman–Crippen LogP) is 0.139. The first-order valence-electron chi connectivity index (χ1n) is 3.97. The molecular formula is C7H10F4N2O2. The molecule has 0 aromatic heterocycles. The molecule has 4 nitrogen and oxygen atoms in total. The third kappa shape index (κ3) is 4.13. The van der Waals surface area contributed by atoms with Gasteiger partial charge in [0.05, 0.1) is 0 Å². The van der Waals surface area contributed by atoms with E-state index in [1.54, 1.807) is 0 Å². The highest BCUT2D eigenvalue weighted by Crippen LogP contribution is 2.22. The number of amides is 2. The van der Waals surface area contributed by atoms with E-state index in [1.807, 2.05) is 0 Å². The van der Waals surface area contributed by atoms with E-state index in [-0.39, 0.29) is 6.42 Å². The van der Waals surface area contributed by atoms with E-state index in [0.29, 0.717) is 0 Å². The molecule has 2 amide bonds. The van der Waals surface area contributed by atoms with Gasteiger partial charge in [0.15, 0.2) is 0 Å². The molecule has 0 saturated carbocycles. The number of carbonyl (C=O) groups is 2. The van der Waals surface area contributed by atoms with Crippen LogP contribution in [0.25, 0.3) is 0 Å². The summed E-state index contributed by atoms with van der Waals surface area (Å²) in [6.07, 6.45) is -4.31. The molecule has 0 heterocycles. The van der Waals surface area contributed by atoms with Crippen LogP contribution in [0.3, 0.4) is 0 Å². The van der Waals surface area contributed by atoms with Gasteiger partial charge in [-0.3, -0.25) is 9.59 Å². The van der Waals surface area contributed by atoms with Gasteiger partial charge in [-0.25, -0.2) is 8.78 Å². The van der Waals surface area contributed by atoms with E-state index in [0.717, 1.165) is 0 Å². The highest BCUT2D eigenvalue weighted by molar-refractivity contribution is 5.84. The fourth-order valence-corrected chi connectivity index (χ4v) is 0.632. The molecule has 0 aromatic carbocycles. The third-order valence-electron chi connectivity index (χ3n) is 1.49. The Morgan fingerprint density at radius 3 is 2.27 bits per heavy atom. The molecule has 0 fully saturated rings. The second-order valence-corrected chi connectivity index (χ2v) is 2.60. The molecule has 0 spiro atoms. The maximum absolute atomic E-state index is 12.3. The van der Waals surface area contributed by atoms with Crippen LogP contribution in [0.15, 0.2) is 0 Å². The SMILES string of the molecule is CNC(=O)CCNC(=O)C(F)(F)C(F)F. The van der Waals surface area contributed by atoms with E-state index >= 15 is 0 Å². The average molecular weight is 230 g/mol. The van der Waals surface area contributed by atoms with Crippen molar-refractivity contribution in [2.45, 2.75) is 18.8 Å². The Morgan fingerprint density at radius 1 is 1.33 bits per heavy atom. The summed E-state index contributed by atoms with van der Waals surface area (Å²) in [6, 6.07) is 0. The van der Waals surface area contributed by atoms with Gasteiger partial charge < -0.3 is 10.6 Å². The van der Waals surface area contributed by atoms with Gasteiger partial charge in [0.1, 0.15) is 0 Å². The molecule has 0 rings (SSSR count). The Bertz CT molecular complexity index is 245. The second kappa shape index (κ2) is 5.52. The number of hydrogen-bond donors (Lipinski definition) is 2. The quantitative estimate of drug-likeness (QED) is 0.660. The van der Waals surface area contributed by atoms with Gasteiger partial charge >= 0.3 is 12.3 Å². The molecule has 0 unspecified atom stereocenters. The zero-order valence-corrected chi connectivity index (χ0v) is 7.82. The van der Waals surface area contributed by atoms with Crippen molar-refractivity contribution >= 4 is 11.8 Å². The van der Waals surface area contributed by atoms with Crippen molar-refractivity contribution in [1.29, 1.82) is 0 Å². The maximum atomic E-state index is 12.3. The fourth-order valence-electron chi connectivity index (χ4n) is 0.632. The van der Waals surface area contributed by atoms with Crippen LogP contribution in [0.5, 0.6) is 0 Å². The highest BCUT2D eigenvalue weighted by atomic mass is 19.3. The highest BCUT2D eigenvalue weighted by Gasteiger charge is 2.48. The van der Waals surface area contributed by atoms with Gasteiger partial charge in [0, 0.05) is 20.0 Å². The second-order valence-electron chi connectivity index (χ2n) is 2.60. The standard InChI is InChI=1S/C7H10F4N2O2/c1-12-4(14)2-3-13-6(15)7(10,11)5(8)9/h5H,2-3H2,1H3,(H,12,14)(H,13,15). The molecule has 8 heteroatoms. The summed E-state index contributed by atoms with van der Waals surface area (Å²) in [7, 11) is 1.32. The molecule has 0 aliphatic heterocycles. The van der Waals surface area contributed by atoms with Crippen LogP contribution in [0.2, 0.25) is 0 Å². The molecule has 0 aliphatic rings. The normalized spacial score (nSPS) is 11.3. The number of alkyl halides is 4. The van der Waals surface area contributed by atoms with Gasteiger partial charge in [-0.05, 0) is 0 Å². The zero-order valence-electron chi connectivity index (χ0n) is 7.82. The first-order chi connectivity index (χ1) is 6.82. The molecule has 0 radical (unpaired) electrons. The van der Waals surface area contributed by atoms with Crippen molar-refractivity contribution < 1.29 is 27.2 Å². The van der Waals surface area contributed by atoms with Crippen molar-refractivity contribution in [3.63, 3.8) is 0 Å². The Balaban J connectivity index is 3.99. The van der Waals surface area contributed by atoms with Gasteiger partial charge in [-0.15, -0.1) is 0 Å². The minimum absolute atomic E-state index is 0.248. The average Bonchev–Trinajstić information content (AvgIpc) is 2.16. The predicted molar refractivity (Wildman–Crippen MR) is 42.6 cm³/mol. The number of rotatable bonds is 5. The molecule has 88 valence electrons. The van der Waals surface area contributed by atoms with E-state index in [4.69, 9.17) is 0 Å². The number of nitrogens with one attached hydrogen (secondary N) is 2. The maximum Gasteiger partial charge on any atom is 0.383 e. The van der Waals surface area contributed by atoms with Gasteiger partial charge in [-0.2, -0.15) is 8.78 Å². The van der Waals surface area contributed by atoms with Gasteiger partial charge in [0.25, 0.3) is 5.91 Å². The van der Waals surface area contributed by atoms with Crippen LogP contribution in [-0.4, -0.2) is 37.8 Å². The van der Waals surface area contributed by atoms with E-state index in [2.05, 4.69) is 5.32 Å². The summed E-state index contributed by atoms with van der Waals surface area (Å²) in [5.41, 5.74) is 0. The van der Waals surface area contributed by atoms with Gasteiger partial charge in [-0.1, -0.05) is 0 Å². The number of halogens is 4. The molecule has 0 aromatic rings. The van der Waals surface area contributed by atoms with E-state index in [9.17, 15) is 27.2 Å². The summed E-state index contributed by atoms with van der Waals surface area (Å²) in [6.45, 7) is -0.416. The summed E-state index contributed by atoms with van der Waals surface area (Å²) < 4.78 is 47.8. The lowest BCUT2D eigenvalue weighted by Crippen LogP contribution is -2.46. The van der Waals surface area contributed by atoms with Crippen molar-refractivity contribution in [2.75, 3.05) is 13.6 Å². The van der Waals surface area contributed by atoms with Crippen LogP contribution in [0.4, 0.5) is 17.6 Å². The smallest absolute Gasteiger partial charge is 0.359 e. The number of carbonyl (C=O) groups excluding carboxylic acids is 2.